The van der Waals surface area contributed by atoms with E-state index < -0.39 is 0 Å². The molecule has 0 amide bonds. The lowest BCUT2D eigenvalue weighted by Gasteiger charge is -2.17. The molecule has 1 N–H and O–H groups in total. The van der Waals surface area contributed by atoms with Crippen molar-refractivity contribution in [3.05, 3.63) is 31.7 Å². The summed E-state index contributed by atoms with van der Waals surface area (Å²) in [4.78, 5) is 10.7. The maximum Gasteiger partial charge on any atom is 0.116 e. The van der Waals surface area contributed by atoms with Crippen LogP contribution in [0.25, 0.3) is 0 Å². The van der Waals surface area contributed by atoms with E-state index in [0.717, 1.165) is 22.1 Å². The Labute approximate surface area is 123 Å². The molecule has 5 heteroatoms. The summed E-state index contributed by atoms with van der Waals surface area (Å²) in [5, 5.41) is 7.96. The molecule has 0 aliphatic carbocycles. The van der Waals surface area contributed by atoms with E-state index in [9.17, 15) is 0 Å². The van der Waals surface area contributed by atoms with Crippen LogP contribution < -0.4 is 5.32 Å². The van der Waals surface area contributed by atoms with Gasteiger partial charge in [-0.2, -0.15) is 0 Å². The lowest BCUT2D eigenvalue weighted by atomic mass is 10.2. The first kappa shape index (κ1) is 14.6. The van der Waals surface area contributed by atoms with Gasteiger partial charge in [-0.25, -0.2) is 9.97 Å². The van der Waals surface area contributed by atoms with Crippen molar-refractivity contribution in [3.63, 3.8) is 0 Å². The Bertz CT molecular complexity index is 543. The molecule has 0 spiro atoms. The Hall–Kier alpha value is -0.780. The van der Waals surface area contributed by atoms with Crippen LogP contribution in [0, 0.1) is 13.8 Å². The van der Waals surface area contributed by atoms with E-state index in [2.05, 4.69) is 43.4 Å². The van der Waals surface area contributed by atoms with Crippen LogP contribution in [0.2, 0.25) is 0 Å². The average Bonchev–Trinajstić information content (AvgIpc) is 2.92. The number of thiazole rings is 2. The fraction of sp³-hybridized carbons (Fsp3) is 0.571. The van der Waals surface area contributed by atoms with Crippen molar-refractivity contribution in [2.75, 3.05) is 0 Å². The van der Waals surface area contributed by atoms with Crippen molar-refractivity contribution in [3.8, 4) is 0 Å². The highest BCUT2D eigenvalue weighted by Crippen LogP contribution is 2.29. The van der Waals surface area contributed by atoms with Gasteiger partial charge in [0.05, 0.1) is 16.4 Å². The highest BCUT2D eigenvalue weighted by atomic mass is 32.1. The van der Waals surface area contributed by atoms with E-state index in [1.54, 1.807) is 22.7 Å². The second kappa shape index (κ2) is 6.11. The Balaban J connectivity index is 2.36. The van der Waals surface area contributed by atoms with Gasteiger partial charge in [-0.1, -0.05) is 6.92 Å². The first-order valence-electron chi connectivity index (χ1n) is 6.65. The molecule has 0 aromatic carbocycles. The van der Waals surface area contributed by atoms with Crippen LogP contribution in [0.15, 0.2) is 5.38 Å². The standard InChI is InChI=1S/C14H21N3S2/c1-6-11-9(4)19-14(17-11)13(15-8(2)3)12-7-18-10(5)16-12/h7-8,13,15H,6H2,1-5H3. The van der Waals surface area contributed by atoms with Gasteiger partial charge in [0.1, 0.15) is 11.0 Å². The van der Waals surface area contributed by atoms with Gasteiger partial charge in [0.15, 0.2) is 0 Å². The molecule has 2 aromatic heterocycles. The molecule has 0 fully saturated rings. The summed E-state index contributed by atoms with van der Waals surface area (Å²) in [6, 6.07) is 0.523. The lowest BCUT2D eigenvalue weighted by Crippen LogP contribution is -2.29. The molecule has 0 saturated heterocycles. The zero-order valence-corrected chi connectivity index (χ0v) is 13.8. The van der Waals surface area contributed by atoms with Gasteiger partial charge in [-0.3, -0.25) is 0 Å². The molecule has 19 heavy (non-hydrogen) atoms. The molecule has 0 saturated carbocycles. The molecular weight excluding hydrogens is 274 g/mol. The Morgan fingerprint density at radius 2 is 2.00 bits per heavy atom. The van der Waals surface area contributed by atoms with E-state index >= 15 is 0 Å². The maximum atomic E-state index is 4.79. The van der Waals surface area contributed by atoms with Crippen LogP contribution in [0.4, 0.5) is 0 Å². The van der Waals surface area contributed by atoms with Crippen molar-refractivity contribution in [1.29, 1.82) is 0 Å². The molecule has 2 heterocycles. The van der Waals surface area contributed by atoms with E-state index in [0.29, 0.717) is 6.04 Å². The van der Waals surface area contributed by atoms with Crippen molar-refractivity contribution in [1.82, 2.24) is 15.3 Å². The molecule has 3 nitrogen and oxygen atoms in total. The highest BCUT2D eigenvalue weighted by molar-refractivity contribution is 7.12. The fourth-order valence-corrected chi connectivity index (χ4v) is 3.75. The van der Waals surface area contributed by atoms with Crippen LogP contribution in [0.3, 0.4) is 0 Å². The zero-order chi connectivity index (χ0) is 14.0. The molecule has 2 rings (SSSR count). The van der Waals surface area contributed by atoms with Gasteiger partial charge in [0, 0.05) is 16.3 Å². The number of rotatable bonds is 5. The Morgan fingerprint density at radius 1 is 1.26 bits per heavy atom. The summed E-state index contributed by atoms with van der Waals surface area (Å²) in [6.45, 7) is 10.7. The summed E-state index contributed by atoms with van der Waals surface area (Å²) in [7, 11) is 0. The lowest BCUT2D eigenvalue weighted by molar-refractivity contribution is 0.519. The molecular formula is C14H21N3S2. The molecule has 0 aliphatic heterocycles. The van der Waals surface area contributed by atoms with Gasteiger partial charge in [0.25, 0.3) is 0 Å². The van der Waals surface area contributed by atoms with E-state index in [1.165, 1.54) is 10.6 Å². The van der Waals surface area contributed by atoms with Gasteiger partial charge >= 0.3 is 0 Å². The Kier molecular flexibility index (Phi) is 4.71. The topological polar surface area (TPSA) is 37.8 Å². The smallest absolute Gasteiger partial charge is 0.116 e. The molecule has 2 aromatic rings. The molecule has 0 aliphatic rings. The molecule has 104 valence electrons. The van der Waals surface area contributed by atoms with Gasteiger partial charge < -0.3 is 5.32 Å². The predicted octanol–water partition coefficient (Wildman–Crippen LogP) is 3.87. The molecule has 1 atom stereocenters. The third-order valence-corrected chi connectivity index (χ3v) is 4.79. The highest BCUT2D eigenvalue weighted by Gasteiger charge is 2.22. The first-order valence-corrected chi connectivity index (χ1v) is 8.35. The van der Waals surface area contributed by atoms with Gasteiger partial charge in [-0.15, -0.1) is 22.7 Å². The van der Waals surface area contributed by atoms with Crippen LogP contribution >= 0.6 is 22.7 Å². The van der Waals surface area contributed by atoms with Crippen molar-refractivity contribution < 1.29 is 0 Å². The second-order valence-electron chi connectivity index (χ2n) is 4.95. The van der Waals surface area contributed by atoms with Crippen LogP contribution in [-0.4, -0.2) is 16.0 Å². The predicted molar refractivity (Wildman–Crippen MR) is 83.2 cm³/mol. The quantitative estimate of drug-likeness (QED) is 0.910. The summed E-state index contributed by atoms with van der Waals surface area (Å²) >= 11 is 3.48. The van der Waals surface area contributed by atoms with Crippen molar-refractivity contribution >= 4 is 22.7 Å². The number of hydrogen-bond acceptors (Lipinski definition) is 5. The second-order valence-corrected chi connectivity index (χ2v) is 7.25. The van der Waals surface area contributed by atoms with Gasteiger partial charge in [-0.05, 0) is 34.1 Å². The van der Waals surface area contributed by atoms with Crippen LogP contribution in [0.1, 0.15) is 53.1 Å². The van der Waals surface area contributed by atoms with Gasteiger partial charge in [0.2, 0.25) is 0 Å². The molecule has 0 bridgehead atoms. The maximum absolute atomic E-state index is 4.79. The van der Waals surface area contributed by atoms with E-state index in [1.807, 2.05) is 6.92 Å². The Morgan fingerprint density at radius 3 is 2.47 bits per heavy atom. The fourth-order valence-electron chi connectivity index (χ4n) is 2.03. The normalized spacial score (nSPS) is 13.2. The average molecular weight is 295 g/mol. The zero-order valence-electron chi connectivity index (χ0n) is 12.2. The summed E-state index contributed by atoms with van der Waals surface area (Å²) in [6.07, 6.45) is 0.993. The minimum Gasteiger partial charge on any atom is -0.301 e. The van der Waals surface area contributed by atoms with Crippen molar-refractivity contribution in [2.24, 2.45) is 0 Å². The molecule has 0 radical (unpaired) electrons. The number of aryl methyl sites for hydroxylation is 3. The third-order valence-electron chi connectivity index (χ3n) is 2.92. The van der Waals surface area contributed by atoms with E-state index in [4.69, 9.17) is 4.98 Å². The summed E-state index contributed by atoms with van der Waals surface area (Å²) in [5.74, 6) is 0. The SMILES string of the molecule is CCc1nc(C(NC(C)C)c2csc(C)n2)sc1C. The summed E-state index contributed by atoms with van der Waals surface area (Å²) < 4.78 is 0. The number of hydrogen-bond donors (Lipinski definition) is 1. The largest absolute Gasteiger partial charge is 0.301 e. The van der Waals surface area contributed by atoms with Crippen LogP contribution in [-0.2, 0) is 6.42 Å². The number of nitrogens with one attached hydrogen (secondary N) is 1. The van der Waals surface area contributed by atoms with E-state index in [-0.39, 0.29) is 6.04 Å². The monoisotopic (exact) mass is 295 g/mol. The number of aromatic nitrogens is 2. The third kappa shape index (κ3) is 3.41. The molecule has 1 unspecified atom stereocenters. The van der Waals surface area contributed by atoms with Crippen LogP contribution in [0.5, 0.6) is 0 Å². The van der Waals surface area contributed by atoms with Crippen molar-refractivity contribution in [2.45, 2.75) is 53.1 Å². The number of nitrogens with zero attached hydrogens (tertiary/aromatic N) is 2. The summed E-state index contributed by atoms with van der Waals surface area (Å²) in [5.41, 5.74) is 2.30. The first-order chi connectivity index (χ1) is 9.01. The minimum atomic E-state index is 0.119. The minimum absolute atomic E-state index is 0.119.